The van der Waals surface area contributed by atoms with Crippen LogP contribution in [0.15, 0.2) is 42.6 Å². The lowest BCUT2D eigenvalue weighted by atomic mass is 10.1. The molecule has 1 fully saturated rings. The summed E-state index contributed by atoms with van der Waals surface area (Å²) in [6.07, 6.45) is 5.29. The van der Waals surface area contributed by atoms with E-state index in [4.69, 9.17) is 0 Å². The maximum atomic E-state index is 13.1. The van der Waals surface area contributed by atoms with Crippen LogP contribution in [0.5, 0.6) is 0 Å². The summed E-state index contributed by atoms with van der Waals surface area (Å²) in [7, 11) is 1.71. The summed E-state index contributed by atoms with van der Waals surface area (Å²) in [5.74, 6) is 0.165. The van der Waals surface area contributed by atoms with Gasteiger partial charge in [0.2, 0.25) is 5.95 Å². The average molecular weight is 394 g/mol. The van der Waals surface area contributed by atoms with Gasteiger partial charge in [-0.25, -0.2) is 14.4 Å². The molecule has 0 aliphatic carbocycles. The zero-order valence-corrected chi connectivity index (χ0v) is 16.3. The van der Waals surface area contributed by atoms with Gasteiger partial charge in [0.25, 0.3) is 5.91 Å². The van der Waals surface area contributed by atoms with Crippen LogP contribution in [0.2, 0.25) is 0 Å². The molecule has 0 unspecified atom stereocenters. The van der Waals surface area contributed by atoms with Crippen molar-refractivity contribution in [1.29, 1.82) is 0 Å². The molecule has 4 rings (SSSR count). The van der Waals surface area contributed by atoms with Crippen LogP contribution < -0.4 is 10.2 Å². The first-order chi connectivity index (χ1) is 14.1. The van der Waals surface area contributed by atoms with Gasteiger partial charge >= 0.3 is 0 Å². The lowest BCUT2D eigenvalue weighted by Gasteiger charge is -2.26. The van der Waals surface area contributed by atoms with E-state index in [0.29, 0.717) is 17.9 Å². The van der Waals surface area contributed by atoms with Crippen molar-refractivity contribution in [2.24, 2.45) is 7.05 Å². The van der Waals surface area contributed by atoms with Gasteiger partial charge in [0.15, 0.2) is 0 Å². The van der Waals surface area contributed by atoms with Crippen LogP contribution in [-0.4, -0.2) is 38.7 Å². The number of halogens is 1. The molecule has 1 aromatic carbocycles. The van der Waals surface area contributed by atoms with Crippen molar-refractivity contribution in [2.45, 2.75) is 25.8 Å². The Hall–Kier alpha value is -3.29. The molecular formula is C21H23FN6O. The Morgan fingerprint density at radius 3 is 2.66 bits per heavy atom. The summed E-state index contributed by atoms with van der Waals surface area (Å²) >= 11 is 0. The Bertz CT molecular complexity index is 995. The molecular weight excluding hydrogens is 371 g/mol. The molecule has 7 nitrogen and oxygen atoms in total. The molecule has 0 saturated carbocycles. The molecule has 150 valence electrons. The minimum absolute atomic E-state index is 0.244. The Labute approximate surface area is 168 Å². The fourth-order valence-electron chi connectivity index (χ4n) is 3.43. The lowest BCUT2D eigenvalue weighted by Crippen LogP contribution is -2.31. The number of aryl methyl sites for hydroxylation is 1. The van der Waals surface area contributed by atoms with E-state index < -0.39 is 0 Å². The van der Waals surface area contributed by atoms with Crippen molar-refractivity contribution in [3.8, 4) is 11.3 Å². The van der Waals surface area contributed by atoms with Crippen LogP contribution in [0.3, 0.4) is 0 Å². The van der Waals surface area contributed by atoms with Gasteiger partial charge in [-0.3, -0.25) is 9.48 Å². The fourth-order valence-corrected chi connectivity index (χ4v) is 3.43. The first kappa shape index (κ1) is 19.0. The first-order valence-corrected chi connectivity index (χ1v) is 9.75. The van der Waals surface area contributed by atoms with Crippen molar-refractivity contribution >= 4 is 11.9 Å². The van der Waals surface area contributed by atoms with Crippen molar-refractivity contribution in [1.82, 2.24) is 25.1 Å². The van der Waals surface area contributed by atoms with E-state index >= 15 is 0 Å². The monoisotopic (exact) mass is 394 g/mol. The van der Waals surface area contributed by atoms with Crippen molar-refractivity contribution in [3.63, 3.8) is 0 Å². The van der Waals surface area contributed by atoms with Gasteiger partial charge in [0.05, 0.1) is 17.9 Å². The molecule has 1 aliphatic heterocycles. The third-order valence-corrected chi connectivity index (χ3v) is 5.02. The summed E-state index contributed by atoms with van der Waals surface area (Å²) in [5.41, 5.74) is 2.56. The number of carbonyl (C=O) groups excluding carboxylic acids is 1. The number of hydrogen-bond acceptors (Lipinski definition) is 5. The Morgan fingerprint density at radius 2 is 1.90 bits per heavy atom. The molecule has 29 heavy (non-hydrogen) atoms. The van der Waals surface area contributed by atoms with Gasteiger partial charge < -0.3 is 10.2 Å². The van der Waals surface area contributed by atoms with Gasteiger partial charge in [-0.1, -0.05) is 0 Å². The fraction of sp³-hybridized carbons (Fsp3) is 0.333. The summed E-state index contributed by atoms with van der Waals surface area (Å²) in [6.45, 7) is 2.24. The molecule has 1 N–H and O–H groups in total. The predicted molar refractivity (Wildman–Crippen MR) is 108 cm³/mol. The highest BCUT2D eigenvalue weighted by molar-refractivity contribution is 5.93. The van der Waals surface area contributed by atoms with Gasteiger partial charge in [-0.2, -0.15) is 5.10 Å². The third kappa shape index (κ3) is 4.42. The number of benzene rings is 1. The topological polar surface area (TPSA) is 75.9 Å². The van der Waals surface area contributed by atoms with E-state index in [-0.39, 0.29) is 11.7 Å². The molecule has 0 spiro atoms. The van der Waals surface area contributed by atoms with Crippen LogP contribution >= 0.6 is 0 Å². The standard InChI is InChI=1S/C21H23FN6O/c1-27-19(13-18(26-27)15-5-7-16(22)8-6-15)20(29)24-14-17-9-10-23-21(25-17)28-11-3-2-4-12-28/h5-10,13H,2-4,11-12,14H2,1H3,(H,24,29). The first-order valence-electron chi connectivity index (χ1n) is 9.75. The maximum absolute atomic E-state index is 13.1. The molecule has 3 aromatic rings. The van der Waals surface area contributed by atoms with Crippen LogP contribution in [-0.2, 0) is 13.6 Å². The zero-order chi connectivity index (χ0) is 20.2. The number of nitrogens with one attached hydrogen (secondary N) is 1. The van der Waals surface area contributed by atoms with Crippen molar-refractivity contribution in [3.05, 3.63) is 59.8 Å². The van der Waals surface area contributed by atoms with E-state index in [0.717, 1.165) is 43.1 Å². The highest BCUT2D eigenvalue weighted by Crippen LogP contribution is 2.19. The number of hydrogen-bond donors (Lipinski definition) is 1. The van der Waals surface area contributed by atoms with E-state index in [9.17, 15) is 9.18 Å². The lowest BCUT2D eigenvalue weighted by molar-refractivity contribution is 0.0941. The van der Waals surface area contributed by atoms with Crippen molar-refractivity contribution < 1.29 is 9.18 Å². The second-order valence-corrected chi connectivity index (χ2v) is 7.12. The summed E-state index contributed by atoms with van der Waals surface area (Å²) in [6, 6.07) is 9.53. The molecule has 2 aromatic heterocycles. The van der Waals surface area contributed by atoms with Crippen molar-refractivity contribution in [2.75, 3.05) is 18.0 Å². The summed E-state index contributed by atoms with van der Waals surface area (Å²) in [4.78, 5) is 23.8. The largest absolute Gasteiger partial charge is 0.345 e. The minimum Gasteiger partial charge on any atom is -0.345 e. The maximum Gasteiger partial charge on any atom is 0.269 e. The molecule has 0 atom stereocenters. The highest BCUT2D eigenvalue weighted by atomic mass is 19.1. The molecule has 0 radical (unpaired) electrons. The second kappa shape index (κ2) is 8.38. The molecule has 3 heterocycles. The van der Waals surface area contributed by atoms with Gasteiger partial charge in [-0.15, -0.1) is 0 Å². The van der Waals surface area contributed by atoms with Crippen LogP contribution in [0.1, 0.15) is 35.4 Å². The van der Waals surface area contributed by atoms with Gasteiger partial charge in [-0.05, 0) is 55.7 Å². The molecule has 8 heteroatoms. The van der Waals surface area contributed by atoms with E-state index in [1.807, 2.05) is 0 Å². The molecule has 1 amide bonds. The molecule has 1 saturated heterocycles. The number of carbonyl (C=O) groups is 1. The number of rotatable bonds is 5. The van der Waals surface area contributed by atoms with E-state index in [1.165, 1.54) is 23.2 Å². The molecule has 0 bridgehead atoms. The normalized spacial score (nSPS) is 14.1. The van der Waals surface area contributed by atoms with Crippen LogP contribution in [0, 0.1) is 5.82 Å². The quantitative estimate of drug-likeness (QED) is 0.720. The zero-order valence-electron chi connectivity index (χ0n) is 16.3. The summed E-state index contributed by atoms with van der Waals surface area (Å²) < 4.78 is 14.6. The highest BCUT2D eigenvalue weighted by Gasteiger charge is 2.16. The number of amides is 1. The van der Waals surface area contributed by atoms with Gasteiger partial charge in [0.1, 0.15) is 11.5 Å². The predicted octanol–water partition coefficient (Wildman–Crippen LogP) is 2.94. The number of anilines is 1. The third-order valence-electron chi connectivity index (χ3n) is 5.02. The number of piperidine rings is 1. The average Bonchev–Trinajstić information content (AvgIpc) is 3.15. The van der Waals surface area contributed by atoms with Crippen LogP contribution in [0.4, 0.5) is 10.3 Å². The molecule has 1 aliphatic rings. The summed E-state index contributed by atoms with van der Waals surface area (Å²) in [5, 5.41) is 7.25. The number of nitrogens with zero attached hydrogens (tertiary/aromatic N) is 5. The van der Waals surface area contributed by atoms with Crippen LogP contribution in [0.25, 0.3) is 11.3 Å². The minimum atomic E-state index is -0.309. The Kier molecular flexibility index (Phi) is 5.50. The smallest absolute Gasteiger partial charge is 0.269 e. The van der Waals surface area contributed by atoms with E-state index in [2.05, 4.69) is 25.3 Å². The van der Waals surface area contributed by atoms with Gasteiger partial charge in [0, 0.05) is 31.9 Å². The second-order valence-electron chi connectivity index (χ2n) is 7.12. The van der Waals surface area contributed by atoms with E-state index in [1.54, 1.807) is 37.5 Å². The Morgan fingerprint density at radius 1 is 1.14 bits per heavy atom. The number of aromatic nitrogens is 4. The Balaban J connectivity index is 1.43. The SMILES string of the molecule is Cn1nc(-c2ccc(F)cc2)cc1C(=O)NCc1ccnc(N2CCCCC2)n1.